The number of hydrogen-bond donors (Lipinski definition) is 2. The van der Waals surface area contributed by atoms with Gasteiger partial charge in [0.15, 0.2) is 0 Å². The topological polar surface area (TPSA) is 56.3 Å². The first kappa shape index (κ1) is 11.7. The third-order valence-corrected chi connectivity index (χ3v) is 3.51. The first-order valence-electron chi connectivity index (χ1n) is 6.67. The van der Waals surface area contributed by atoms with Crippen LogP contribution in [0.5, 0.6) is 0 Å². The van der Waals surface area contributed by atoms with Crippen molar-refractivity contribution in [3.05, 3.63) is 12.4 Å². The minimum atomic E-state index is 0.857. The van der Waals surface area contributed by atoms with Gasteiger partial charge in [-0.2, -0.15) is 0 Å². The van der Waals surface area contributed by atoms with Crippen LogP contribution in [-0.2, 0) is 0 Å². The molecule has 0 spiro atoms. The second-order valence-corrected chi connectivity index (χ2v) is 4.72. The molecule has 0 bridgehead atoms. The molecule has 3 rings (SSSR count). The van der Waals surface area contributed by atoms with E-state index < -0.39 is 0 Å². The lowest BCUT2D eigenvalue weighted by Gasteiger charge is -2.30. The van der Waals surface area contributed by atoms with E-state index in [4.69, 9.17) is 0 Å². The molecule has 18 heavy (non-hydrogen) atoms. The highest BCUT2D eigenvalue weighted by atomic mass is 15.3. The summed E-state index contributed by atoms with van der Waals surface area (Å²) >= 11 is 0. The Bertz CT molecular complexity index is 330. The van der Waals surface area contributed by atoms with Gasteiger partial charge in [-0.05, 0) is 0 Å². The molecule has 1 aromatic rings. The Morgan fingerprint density at radius 3 is 1.83 bits per heavy atom. The summed E-state index contributed by atoms with van der Waals surface area (Å²) in [6.45, 7) is 8.18. The molecule has 98 valence electrons. The second kappa shape index (κ2) is 5.49. The molecule has 6 nitrogen and oxygen atoms in total. The van der Waals surface area contributed by atoms with Crippen LogP contribution in [0.4, 0.5) is 11.6 Å². The molecule has 0 atom stereocenters. The molecule has 0 unspecified atom stereocenters. The van der Waals surface area contributed by atoms with Gasteiger partial charge in [0, 0.05) is 52.4 Å². The largest absolute Gasteiger partial charge is 0.366 e. The zero-order valence-corrected chi connectivity index (χ0v) is 10.6. The molecule has 2 aliphatic heterocycles. The number of anilines is 2. The summed E-state index contributed by atoms with van der Waals surface area (Å²) in [5.41, 5.74) is 1.13. The fourth-order valence-corrected chi connectivity index (χ4v) is 2.43. The van der Waals surface area contributed by atoms with E-state index in [9.17, 15) is 0 Å². The minimum Gasteiger partial charge on any atom is -0.366 e. The number of aromatic nitrogens is 2. The predicted molar refractivity (Wildman–Crippen MR) is 72.2 cm³/mol. The highest BCUT2D eigenvalue weighted by molar-refractivity contribution is 5.45. The highest BCUT2D eigenvalue weighted by Crippen LogP contribution is 2.15. The van der Waals surface area contributed by atoms with E-state index in [-0.39, 0.29) is 0 Å². The molecule has 2 N–H and O–H groups in total. The molecular formula is C12H20N6. The van der Waals surface area contributed by atoms with Crippen LogP contribution in [-0.4, -0.2) is 62.3 Å². The van der Waals surface area contributed by atoms with Gasteiger partial charge in [-0.25, -0.2) is 9.97 Å². The molecule has 0 saturated carbocycles. The van der Waals surface area contributed by atoms with Gasteiger partial charge in [0.05, 0.1) is 18.1 Å². The quantitative estimate of drug-likeness (QED) is 0.721. The Morgan fingerprint density at radius 2 is 1.28 bits per heavy atom. The van der Waals surface area contributed by atoms with E-state index in [0.29, 0.717) is 0 Å². The van der Waals surface area contributed by atoms with Gasteiger partial charge < -0.3 is 20.4 Å². The Hall–Kier alpha value is -1.40. The number of rotatable bonds is 2. The Morgan fingerprint density at radius 1 is 0.778 bits per heavy atom. The zero-order valence-electron chi connectivity index (χ0n) is 10.6. The SMILES string of the molecule is c1nc(N2CCNCC2)ncc1N1CCNCC1. The summed E-state index contributed by atoms with van der Waals surface area (Å²) in [5.74, 6) is 0.857. The van der Waals surface area contributed by atoms with Gasteiger partial charge in [0.25, 0.3) is 0 Å². The number of nitrogens with one attached hydrogen (secondary N) is 2. The average Bonchev–Trinajstić information content (AvgIpc) is 2.49. The van der Waals surface area contributed by atoms with Crippen molar-refractivity contribution in [3.63, 3.8) is 0 Å². The van der Waals surface area contributed by atoms with Crippen molar-refractivity contribution >= 4 is 11.6 Å². The third-order valence-electron chi connectivity index (χ3n) is 3.51. The smallest absolute Gasteiger partial charge is 0.225 e. The normalized spacial score (nSPS) is 21.1. The lowest BCUT2D eigenvalue weighted by Crippen LogP contribution is -2.45. The van der Waals surface area contributed by atoms with Crippen LogP contribution in [0.1, 0.15) is 0 Å². The van der Waals surface area contributed by atoms with Gasteiger partial charge in [-0.1, -0.05) is 0 Å². The van der Waals surface area contributed by atoms with Crippen LogP contribution in [0.2, 0.25) is 0 Å². The van der Waals surface area contributed by atoms with Gasteiger partial charge in [-0.3, -0.25) is 0 Å². The highest BCUT2D eigenvalue weighted by Gasteiger charge is 2.15. The van der Waals surface area contributed by atoms with E-state index in [0.717, 1.165) is 64.0 Å². The van der Waals surface area contributed by atoms with Crippen LogP contribution in [0, 0.1) is 0 Å². The first-order valence-corrected chi connectivity index (χ1v) is 6.67. The van der Waals surface area contributed by atoms with E-state index in [1.807, 2.05) is 12.4 Å². The standard InChI is InChI=1S/C12H20N6/c1-5-17(6-2-13-1)11-9-15-12(16-10-11)18-7-3-14-4-8-18/h9-10,13-14H,1-8H2. The van der Waals surface area contributed by atoms with Crippen molar-refractivity contribution in [2.75, 3.05) is 62.2 Å². The maximum absolute atomic E-state index is 4.50. The molecule has 1 aromatic heterocycles. The molecule has 0 radical (unpaired) electrons. The second-order valence-electron chi connectivity index (χ2n) is 4.72. The monoisotopic (exact) mass is 248 g/mol. The summed E-state index contributed by atoms with van der Waals surface area (Å²) in [5, 5.41) is 6.69. The van der Waals surface area contributed by atoms with Crippen molar-refractivity contribution in [2.24, 2.45) is 0 Å². The fourth-order valence-electron chi connectivity index (χ4n) is 2.43. The van der Waals surface area contributed by atoms with Crippen LogP contribution >= 0.6 is 0 Å². The molecular weight excluding hydrogens is 228 g/mol. The lowest BCUT2D eigenvalue weighted by atomic mass is 10.3. The van der Waals surface area contributed by atoms with Crippen molar-refractivity contribution < 1.29 is 0 Å². The molecule has 3 heterocycles. The molecule has 2 saturated heterocycles. The maximum Gasteiger partial charge on any atom is 0.225 e. The van der Waals surface area contributed by atoms with Crippen LogP contribution in [0.3, 0.4) is 0 Å². The summed E-state index contributed by atoms with van der Waals surface area (Å²) in [6, 6.07) is 0. The Balaban J connectivity index is 1.67. The summed E-state index contributed by atoms with van der Waals surface area (Å²) in [7, 11) is 0. The van der Waals surface area contributed by atoms with Crippen LogP contribution in [0.25, 0.3) is 0 Å². The summed E-state index contributed by atoms with van der Waals surface area (Å²) in [6.07, 6.45) is 3.91. The number of hydrogen-bond acceptors (Lipinski definition) is 6. The zero-order chi connectivity index (χ0) is 12.2. The van der Waals surface area contributed by atoms with E-state index in [1.54, 1.807) is 0 Å². The molecule has 2 fully saturated rings. The maximum atomic E-state index is 4.50. The molecule has 2 aliphatic rings. The third kappa shape index (κ3) is 2.54. The van der Waals surface area contributed by atoms with Gasteiger partial charge in [0.2, 0.25) is 5.95 Å². The molecule has 6 heteroatoms. The van der Waals surface area contributed by atoms with Gasteiger partial charge in [-0.15, -0.1) is 0 Å². The molecule has 0 aliphatic carbocycles. The lowest BCUT2D eigenvalue weighted by molar-refractivity contribution is 0.577. The Kier molecular flexibility index (Phi) is 3.56. The molecule has 0 aromatic carbocycles. The summed E-state index contributed by atoms with van der Waals surface area (Å²) < 4.78 is 0. The van der Waals surface area contributed by atoms with Crippen molar-refractivity contribution in [3.8, 4) is 0 Å². The Labute approximate surface area is 107 Å². The number of piperazine rings is 2. The minimum absolute atomic E-state index is 0.857. The van der Waals surface area contributed by atoms with Gasteiger partial charge in [0.1, 0.15) is 0 Å². The fraction of sp³-hybridized carbons (Fsp3) is 0.667. The van der Waals surface area contributed by atoms with Crippen molar-refractivity contribution in [2.45, 2.75) is 0 Å². The van der Waals surface area contributed by atoms with E-state index >= 15 is 0 Å². The first-order chi connectivity index (χ1) is 8.93. The van der Waals surface area contributed by atoms with Crippen LogP contribution in [0.15, 0.2) is 12.4 Å². The number of nitrogens with zero attached hydrogens (tertiary/aromatic N) is 4. The van der Waals surface area contributed by atoms with Crippen molar-refractivity contribution in [1.29, 1.82) is 0 Å². The predicted octanol–water partition coefficient (Wildman–Crippen LogP) is -0.704. The van der Waals surface area contributed by atoms with Gasteiger partial charge >= 0.3 is 0 Å². The summed E-state index contributed by atoms with van der Waals surface area (Å²) in [4.78, 5) is 13.6. The van der Waals surface area contributed by atoms with E-state index in [2.05, 4.69) is 30.4 Å². The van der Waals surface area contributed by atoms with Crippen LogP contribution < -0.4 is 20.4 Å². The van der Waals surface area contributed by atoms with E-state index in [1.165, 1.54) is 0 Å². The average molecular weight is 248 g/mol. The van der Waals surface area contributed by atoms with Crippen molar-refractivity contribution in [1.82, 2.24) is 20.6 Å². The molecule has 0 amide bonds.